The fourth-order valence-electron chi connectivity index (χ4n) is 3.60. The first-order valence-electron chi connectivity index (χ1n) is 9.08. The van der Waals surface area contributed by atoms with E-state index in [1.54, 1.807) is 12.1 Å². The second kappa shape index (κ2) is 6.43. The Balaban J connectivity index is 1.61. The first kappa shape index (κ1) is 16.4. The summed E-state index contributed by atoms with van der Waals surface area (Å²) in [7, 11) is 0. The van der Waals surface area contributed by atoms with Crippen LogP contribution in [-0.2, 0) is 6.54 Å². The molecule has 1 aromatic heterocycles. The largest absolute Gasteiger partial charge is 0.508 e. The number of ether oxygens (including phenoxy) is 1. The van der Waals surface area contributed by atoms with E-state index in [2.05, 4.69) is 34.9 Å². The van der Waals surface area contributed by atoms with Crippen molar-refractivity contribution in [2.24, 2.45) is 0 Å². The second-order valence-corrected chi connectivity index (χ2v) is 6.82. The number of hydrogen-bond donors (Lipinski definition) is 1. The molecule has 0 aliphatic carbocycles. The normalized spacial score (nSPS) is 14.4. The van der Waals surface area contributed by atoms with Gasteiger partial charge < -0.3 is 14.4 Å². The highest BCUT2D eigenvalue weighted by atomic mass is 16.5. The molecule has 4 heteroatoms. The zero-order valence-corrected chi connectivity index (χ0v) is 15.0. The lowest BCUT2D eigenvalue weighted by molar-refractivity contribution is 0.101. The number of benzene rings is 3. The molecule has 0 fully saturated rings. The maximum absolute atomic E-state index is 12.7. The number of allylic oxidation sites excluding steroid dienone is 1. The Hall–Kier alpha value is -3.79. The molecule has 4 aromatic rings. The van der Waals surface area contributed by atoms with Gasteiger partial charge in [0.1, 0.15) is 11.5 Å². The summed E-state index contributed by atoms with van der Waals surface area (Å²) in [6.07, 6.45) is 1.78. The van der Waals surface area contributed by atoms with Crippen molar-refractivity contribution < 1.29 is 14.6 Å². The minimum absolute atomic E-state index is 0.0750. The van der Waals surface area contributed by atoms with Crippen molar-refractivity contribution in [2.75, 3.05) is 0 Å². The highest BCUT2D eigenvalue weighted by Gasteiger charge is 2.28. The number of Topliss-reactive ketones (excluding diaryl/α,β-unsaturated/α-hetero) is 1. The molecule has 1 aliphatic rings. The van der Waals surface area contributed by atoms with Crippen LogP contribution >= 0.6 is 0 Å². The molecule has 0 atom stereocenters. The number of hydrogen-bond acceptors (Lipinski definition) is 3. The standard InChI is InChI=1S/C24H17NO3/c26-19-10-11-20-22(14-19)28-23(24(20)27)13-18-12-17-8-4-5-9-21(17)25(18)15-16-6-2-1-3-7-16/h1-14,26H,15H2/b23-13-. The molecule has 136 valence electrons. The molecule has 0 unspecified atom stereocenters. The zero-order valence-electron chi connectivity index (χ0n) is 15.0. The molecule has 0 saturated heterocycles. The summed E-state index contributed by atoms with van der Waals surface area (Å²) in [5, 5.41) is 10.7. The smallest absolute Gasteiger partial charge is 0.232 e. The number of phenolic OH excluding ortho intramolecular Hbond substituents is 1. The third-order valence-corrected chi connectivity index (χ3v) is 4.96. The number of aromatic nitrogens is 1. The van der Waals surface area contributed by atoms with Gasteiger partial charge in [-0.05, 0) is 29.8 Å². The molecule has 0 bridgehead atoms. The first-order valence-corrected chi connectivity index (χ1v) is 9.08. The Morgan fingerprint density at radius 2 is 1.71 bits per heavy atom. The lowest BCUT2D eigenvalue weighted by Gasteiger charge is -2.09. The predicted molar refractivity (Wildman–Crippen MR) is 109 cm³/mol. The number of rotatable bonds is 3. The van der Waals surface area contributed by atoms with Crippen LogP contribution in [0.2, 0.25) is 0 Å². The van der Waals surface area contributed by atoms with Crippen LogP contribution in [0, 0.1) is 0 Å². The van der Waals surface area contributed by atoms with Crippen LogP contribution in [0.25, 0.3) is 17.0 Å². The van der Waals surface area contributed by atoms with E-state index in [0.717, 1.165) is 16.6 Å². The summed E-state index contributed by atoms with van der Waals surface area (Å²) in [4.78, 5) is 12.7. The Bertz CT molecular complexity index is 1240. The molecular formula is C24H17NO3. The topological polar surface area (TPSA) is 51.5 Å². The van der Waals surface area contributed by atoms with Gasteiger partial charge in [-0.1, -0.05) is 48.5 Å². The van der Waals surface area contributed by atoms with Gasteiger partial charge in [-0.15, -0.1) is 0 Å². The number of carbonyl (C=O) groups excluding carboxylic acids is 1. The van der Waals surface area contributed by atoms with Crippen LogP contribution < -0.4 is 4.74 Å². The predicted octanol–water partition coefficient (Wildman–Crippen LogP) is 5.01. The molecule has 28 heavy (non-hydrogen) atoms. The van der Waals surface area contributed by atoms with E-state index in [1.165, 1.54) is 17.7 Å². The Labute approximate surface area is 161 Å². The molecule has 0 amide bonds. The molecule has 4 nitrogen and oxygen atoms in total. The van der Waals surface area contributed by atoms with Crippen LogP contribution in [0.5, 0.6) is 11.5 Å². The van der Waals surface area contributed by atoms with E-state index in [9.17, 15) is 9.90 Å². The summed E-state index contributed by atoms with van der Waals surface area (Å²) < 4.78 is 7.92. The first-order chi connectivity index (χ1) is 13.7. The number of ketones is 1. The van der Waals surface area contributed by atoms with E-state index in [0.29, 0.717) is 17.9 Å². The molecule has 5 rings (SSSR count). The van der Waals surface area contributed by atoms with Gasteiger partial charge in [-0.3, -0.25) is 4.79 Å². The lowest BCUT2D eigenvalue weighted by Crippen LogP contribution is -2.04. The number of aromatic hydroxyl groups is 1. The molecular weight excluding hydrogens is 350 g/mol. The minimum atomic E-state index is -0.175. The second-order valence-electron chi connectivity index (χ2n) is 6.82. The third-order valence-electron chi connectivity index (χ3n) is 4.96. The Morgan fingerprint density at radius 3 is 2.57 bits per heavy atom. The van der Waals surface area contributed by atoms with Gasteiger partial charge in [-0.2, -0.15) is 0 Å². The number of fused-ring (bicyclic) bond motifs is 2. The third kappa shape index (κ3) is 2.76. The Kier molecular flexibility index (Phi) is 3.76. The Morgan fingerprint density at radius 1 is 0.929 bits per heavy atom. The van der Waals surface area contributed by atoms with Crippen LogP contribution in [0.15, 0.2) is 84.6 Å². The monoisotopic (exact) mass is 367 g/mol. The van der Waals surface area contributed by atoms with E-state index in [1.807, 2.05) is 30.3 Å². The van der Waals surface area contributed by atoms with Crippen molar-refractivity contribution in [3.05, 3.63) is 101 Å². The van der Waals surface area contributed by atoms with Crippen molar-refractivity contribution in [2.45, 2.75) is 6.54 Å². The number of phenols is 1. The van der Waals surface area contributed by atoms with Crippen molar-refractivity contribution in [1.29, 1.82) is 0 Å². The van der Waals surface area contributed by atoms with Crippen molar-refractivity contribution in [1.82, 2.24) is 4.57 Å². The highest BCUT2D eigenvalue weighted by Crippen LogP contribution is 2.35. The quantitative estimate of drug-likeness (QED) is 0.518. The maximum Gasteiger partial charge on any atom is 0.232 e. The van der Waals surface area contributed by atoms with Gasteiger partial charge in [0.05, 0.1) is 5.56 Å². The fourth-order valence-corrected chi connectivity index (χ4v) is 3.60. The zero-order chi connectivity index (χ0) is 19.1. The van der Waals surface area contributed by atoms with Gasteiger partial charge in [-0.25, -0.2) is 0 Å². The van der Waals surface area contributed by atoms with Crippen molar-refractivity contribution >= 4 is 22.8 Å². The molecule has 1 aliphatic heterocycles. The lowest BCUT2D eigenvalue weighted by atomic mass is 10.1. The van der Waals surface area contributed by atoms with E-state index in [-0.39, 0.29) is 17.3 Å². The summed E-state index contributed by atoms with van der Waals surface area (Å²) in [5.74, 6) is 0.553. The van der Waals surface area contributed by atoms with Gasteiger partial charge in [0.15, 0.2) is 5.76 Å². The molecule has 1 N–H and O–H groups in total. The van der Waals surface area contributed by atoms with E-state index < -0.39 is 0 Å². The summed E-state index contributed by atoms with van der Waals surface area (Å²) in [6, 6.07) is 25.0. The molecule has 0 radical (unpaired) electrons. The van der Waals surface area contributed by atoms with Crippen LogP contribution in [0.3, 0.4) is 0 Å². The van der Waals surface area contributed by atoms with Crippen LogP contribution in [-0.4, -0.2) is 15.5 Å². The minimum Gasteiger partial charge on any atom is -0.508 e. The number of para-hydroxylation sites is 1. The van der Waals surface area contributed by atoms with Crippen molar-refractivity contribution in [3.63, 3.8) is 0 Å². The van der Waals surface area contributed by atoms with E-state index in [4.69, 9.17) is 4.74 Å². The molecule has 0 spiro atoms. The van der Waals surface area contributed by atoms with Gasteiger partial charge in [0.2, 0.25) is 5.78 Å². The van der Waals surface area contributed by atoms with Gasteiger partial charge in [0.25, 0.3) is 0 Å². The summed E-state index contributed by atoms with van der Waals surface area (Å²) in [5.41, 5.74) is 3.63. The van der Waals surface area contributed by atoms with E-state index >= 15 is 0 Å². The average Bonchev–Trinajstić information content (AvgIpc) is 3.20. The van der Waals surface area contributed by atoms with Gasteiger partial charge >= 0.3 is 0 Å². The molecule has 2 heterocycles. The number of nitrogens with zero attached hydrogens (tertiary/aromatic N) is 1. The fraction of sp³-hybridized carbons (Fsp3) is 0.0417. The van der Waals surface area contributed by atoms with Crippen molar-refractivity contribution in [3.8, 4) is 11.5 Å². The highest BCUT2D eigenvalue weighted by molar-refractivity contribution is 6.14. The SMILES string of the molecule is O=C1/C(=C/c2cc3ccccc3n2Cc2ccccc2)Oc2cc(O)ccc21. The maximum atomic E-state index is 12.7. The van der Waals surface area contributed by atoms with Crippen LogP contribution in [0.1, 0.15) is 21.6 Å². The number of carbonyl (C=O) groups is 1. The molecule has 0 saturated carbocycles. The van der Waals surface area contributed by atoms with Gasteiger partial charge in [0, 0.05) is 35.3 Å². The molecule has 3 aromatic carbocycles. The summed E-state index contributed by atoms with van der Waals surface area (Å²) >= 11 is 0. The average molecular weight is 367 g/mol. The summed E-state index contributed by atoms with van der Waals surface area (Å²) in [6.45, 7) is 0.690. The van der Waals surface area contributed by atoms with Crippen LogP contribution in [0.4, 0.5) is 0 Å².